The summed E-state index contributed by atoms with van der Waals surface area (Å²) in [5.41, 5.74) is 5.19. The van der Waals surface area contributed by atoms with Crippen molar-refractivity contribution in [2.75, 3.05) is 0 Å². The first-order valence-corrected chi connectivity index (χ1v) is 7.80. The lowest BCUT2D eigenvalue weighted by atomic mass is 9.66. The molecule has 3 rings (SSSR count). The number of hydrogen-bond donors (Lipinski definition) is 1. The number of nitrogens with two attached hydrogens (primary N) is 1. The van der Waals surface area contributed by atoms with Crippen LogP contribution in [-0.2, 0) is 16.4 Å². The fourth-order valence-corrected chi connectivity index (χ4v) is 3.22. The maximum absolute atomic E-state index is 12.6. The van der Waals surface area contributed by atoms with E-state index in [4.69, 9.17) is 10.5 Å². The minimum atomic E-state index is -4.40. The van der Waals surface area contributed by atoms with Gasteiger partial charge >= 0.3 is 6.18 Å². The summed E-state index contributed by atoms with van der Waals surface area (Å²) in [5.74, 6) is -0.237. The summed E-state index contributed by atoms with van der Waals surface area (Å²) in [6, 6.07) is 5.79. The van der Waals surface area contributed by atoms with Crippen LogP contribution in [0.1, 0.15) is 29.8 Å². The Morgan fingerprint density at radius 1 is 1.35 bits per heavy atom. The summed E-state index contributed by atoms with van der Waals surface area (Å²) in [4.78, 5) is 15.2. The van der Waals surface area contributed by atoms with Crippen LogP contribution in [0.4, 0.5) is 13.2 Å². The van der Waals surface area contributed by atoms with Gasteiger partial charge in [0.15, 0.2) is 0 Å². The Hall–Kier alpha value is -2.09. The smallest absolute Gasteiger partial charge is 0.425 e. The molecule has 0 aromatic carbocycles. The summed E-state index contributed by atoms with van der Waals surface area (Å²) in [6.07, 6.45) is -2.27. The standard InChI is InChI=1S/C15H13F3N2O2S/c16-15(17,18)11-7-9(8-23-11)22-12-4-1-3-10(20-12)14(13(19)21)5-2-6-14/h1,3-4,7-8H,2,5-6H2,(H2,19,21). The lowest BCUT2D eigenvalue weighted by Gasteiger charge is -2.38. The number of carbonyl (C=O) groups excluding carboxylic acids is 1. The van der Waals surface area contributed by atoms with Gasteiger partial charge in [-0.1, -0.05) is 12.5 Å². The topological polar surface area (TPSA) is 65.2 Å². The van der Waals surface area contributed by atoms with Crippen LogP contribution >= 0.6 is 11.3 Å². The maximum Gasteiger partial charge on any atom is 0.425 e. The second-order valence-corrected chi connectivity index (χ2v) is 6.32. The molecule has 23 heavy (non-hydrogen) atoms. The van der Waals surface area contributed by atoms with Gasteiger partial charge in [0.05, 0.1) is 11.1 Å². The number of rotatable bonds is 4. The van der Waals surface area contributed by atoms with Gasteiger partial charge in [0.2, 0.25) is 11.8 Å². The molecule has 0 aliphatic heterocycles. The number of amides is 1. The van der Waals surface area contributed by atoms with Gasteiger partial charge in [0, 0.05) is 17.5 Å². The predicted octanol–water partition coefficient (Wildman–Crippen LogP) is 3.86. The third-order valence-corrected chi connectivity index (χ3v) is 4.92. The Morgan fingerprint density at radius 2 is 2.09 bits per heavy atom. The zero-order valence-corrected chi connectivity index (χ0v) is 12.7. The van der Waals surface area contributed by atoms with Crippen molar-refractivity contribution < 1.29 is 22.7 Å². The minimum Gasteiger partial charge on any atom is -0.438 e. The first-order valence-electron chi connectivity index (χ1n) is 6.92. The highest BCUT2D eigenvalue weighted by Gasteiger charge is 2.45. The van der Waals surface area contributed by atoms with Crippen LogP contribution in [0.5, 0.6) is 11.6 Å². The van der Waals surface area contributed by atoms with E-state index in [1.165, 1.54) is 11.4 Å². The molecule has 1 amide bonds. The molecule has 8 heteroatoms. The van der Waals surface area contributed by atoms with Crippen LogP contribution < -0.4 is 10.5 Å². The van der Waals surface area contributed by atoms with Crippen LogP contribution in [0.15, 0.2) is 29.6 Å². The molecule has 122 valence electrons. The quantitative estimate of drug-likeness (QED) is 0.917. The molecule has 0 bridgehead atoms. The Bertz CT molecular complexity index is 738. The van der Waals surface area contributed by atoms with Crippen LogP contribution in [0.2, 0.25) is 0 Å². The largest absolute Gasteiger partial charge is 0.438 e. The first kappa shape index (κ1) is 15.8. The Morgan fingerprint density at radius 3 is 2.61 bits per heavy atom. The van der Waals surface area contributed by atoms with E-state index < -0.39 is 22.4 Å². The average Bonchev–Trinajstić information content (AvgIpc) is 2.86. The van der Waals surface area contributed by atoms with E-state index in [1.54, 1.807) is 12.1 Å². The molecule has 0 spiro atoms. The van der Waals surface area contributed by atoms with E-state index in [0.29, 0.717) is 29.9 Å². The van der Waals surface area contributed by atoms with E-state index in [0.717, 1.165) is 12.5 Å². The average molecular weight is 342 g/mol. The van der Waals surface area contributed by atoms with E-state index in [1.807, 2.05) is 0 Å². The van der Waals surface area contributed by atoms with Gasteiger partial charge in [-0.05, 0) is 18.9 Å². The highest BCUT2D eigenvalue weighted by molar-refractivity contribution is 7.10. The molecule has 2 N–H and O–H groups in total. The van der Waals surface area contributed by atoms with E-state index >= 15 is 0 Å². The maximum atomic E-state index is 12.6. The highest BCUT2D eigenvalue weighted by Crippen LogP contribution is 2.43. The molecule has 1 fully saturated rings. The summed E-state index contributed by atoms with van der Waals surface area (Å²) in [6.45, 7) is 0. The first-order chi connectivity index (χ1) is 10.8. The van der Waals surface area contributed by atoms with Crippen molar-refractivity contribution in [2.24, 2.45) is 5.73 Å². The Kier molecular flexibility index (Phi) is 3.79. The van der Waals surface area contributed by atoms with Gasteiger partial charge in [-0.15, -0.1) is 11.3 Å². The number of alkyl halides is 3. The van der Waals surface area contributed by atoms with Crippen LogP contribution in [0, 0.1) is 0 Å². The molecule has 2 aromatic heterocycles. The molecular formula is C15H13F3N2O2S. The second kappa shape index (κ2) is 5.52. The number of thiophene rings is 1. The summed E-state index contributed by atoms with van der Waals surface area (Å²) in [7, 11) is 0. The number of nitrogens with zero attached hydrogens (tertiary/aromatic N) is 1. The van der Waals surface area contributed by atoms with Gasteiger partial charge in [-0.3, -0.25) is 4.79 Å². The molecule has 1 aliphatic carbocycles. The van der Waals surface area contributed by atoms with E-state index in [-0.39, 0.29) is 11.6 Å². The van der Waals surface area contributed by atoms with Crippen molar-refractivity contribution >= 4 is 17.2 Å². The molecule has 1 aliphatic rings. The molecule has 0 saturated heterocycles. The van der Waals surface area contributed by atoms with Crippen molar-refractivity contribution in [3.05, 3.63) is 40.2 Å². The number of aromatic nitrogens is 1. The summed E-state index contributed by atoms with van der Waals surface area (Å²) < 4.78 is 43.2. The van der Waals surface area contributed by atoms with Crippen molar-refractivity contribution in [2.45, 2.75) is 30.9 Å². The molecule has 4 nitrogen and oxygen atoms in total. The van der Waals surface area contributed by atoms with E-state index in [2.05, 4.69) is 4.98 Å². The molecule has 1 saturated carbocycles. The minimum absolute atomic E-state index is 0.0636. The monoisotopic (exact) mass is 342 g/mol. The molecular weight excluding hydrogens is 329 g/mol. The number of ether oxygens (including phenoxy) is 1. The van der Waals surface area contributed by atoms with Gasteiger partial charge in [-0.2, -0.15) is 13.2 Å². The second-order valence-electron chi connectivity index (χ2n) is 5.41. The molecule has 0 radical (unpaired) electrons. The van der Waals surface area contributed by atoms with Crippen molar-refractivity contribution in [1.29, 1.82) is 0 Å². The number of primary amides is 1. The SMILES string of the molecule is NC(=O)C1(c2cccc(Oc3csc(C(F)(F)F)c3)n2)CCC1. The predicted molar refractivity (Wildman–Crippen MR) is 78.4 cm³/mol. The van der Waals surface area contributed by atoms with Crippen molar-refractivity contribution in [3.8, 4) is 11.6 Å². The zero-order valence-electron chi connectivity index (χ0n) is 11.9. The fourth-order valence-electron chi connectivity index (χ4n) is 2.54. The van der Waals surface area contributed by atoms with Crippen molar-refractivity contribution in [3.63, 3.8) is 0 Å². The van der Waals surface area contributed by atoms with Crippen LogP contribution in [0.3, 0.4) is 0 Å². The molecule has 0 unspecified atom stereocenters. The number of halogens is 3. The van der Waals surface area contributed by atoms with Crippen LogP contribution in [0.25, 0.3) is 0 Å². The zero-order chi connectivity index (χ0) is 16.7. The normalized spacial score (nSPS) is 16.7. The van der Waals surface area contributed by atoms with E-state index in [9.17, 15) is 18.0 Å². The van der Waals surface area contributed by atoms with Gasteiger partial charge in [-0.25, -0.2) is 4.98 Å². The number of hydrogen-bond acceptors (Lipinski definition) is 4. The summed E-state index contributed by atoms with van der Waals surface area (Å²) in [5, 5.41) is 1.27. The van der Waals surface area contributed by atoms with Gasteiger partial charge in [0.25, 0.3) is 0 Å². The summed E-state index contributed by atoms with van der Waals surface area (Å²) >= 11 is 0.554. The highest BCUT2D eigenvalue weighted by atomic mass is 32.1. The Labute approximate surface area is 134 Å². The number of pyridine rings is 1. The third-order valence-electron chi connectivity index (χ3n) is 3.97. The molecule has 2 aromatic rings. The van der Waals surface area contributed by atoms with Gasteiger partial charge in [0.1, 0.15) is 10.6 Å². The van der Waals surface area contributed by atoms with Crippen molar-refractivity contribution in [1.82, 2.24) is 4.98 Å². The number of carbonyl (C=O) groups is 1. The third kappa shape index (κ3) is 2.90. The molecule has 2 heterocycles. The molecule has 0 atom stereocenters. The lowest BCUT2D eigenvalue weighted by molar-refractivity contribution is -0.134. The van der Waals surface area contributed by atoms with Gasteiger partial charge < -0.3 is 10.5 Å². The lowest BCUT2D eigenvalue weighted by Crippen LogP contribution is -2.47. The Balaban J connectivity index is 1.83. The fraction of sp³-hybridized carbons (Fsp3) is 0.333. The van der Waals surface area contributed by atoms with Crippen LogP contribution in [-0.4, -0.2) is 10.9 Å².